The zero-order chi connectivity index (χ0) is 34.0. The average molecular weight is 665 g/mol. The molecular formula is C38H40N4O7. The number of alkyl carbamates (subject to hydrolysis) is 1. The van der Waals surface area contributed by atoms with Crippen LogP contribution in [0.3, 0.4) is 0 Å². The minimum atomic E-state index is -0.606. The molecule has 49 heavy (non-hydrogen) atoms. The summed E-state index contributed by atoms with van der Waals surface area (Å²) in [6, 6.07) is 28.4. The second-order valence-electron chi connectivity index (χ2n) is 13.3. The summed E-state index contributed by atoms with van der Waals surface area (Å²) >= 11 is 0. The minimum Gasteiger partial charge on any atom is -0.473 e. The maximum atomic E-state index is 13.9. The molecule has 2 amide bonds. The molecule has 11 heteroatoms. The molecule has 4 atom stereocenters. The van der Waals surface area contributed by atoms with E-state index < -0.39 is 11.7 Å². The van der Waals surface area contributed by atoms with Gasteiger partial charge in [-0.15, -0.1) is 0 Å². The van der Waals surface area contributed by atoms with Crippen molar-refractivity contribution in [2.45, 2.75) is 70.4 Å². The van der Waals surface area contributed by atoms with Crippen molar-refractivity contribution in [3.63, 3.8) is 0 Å². The number of aromatic nitrogens is 1. The number of hydrogen-bond donors (Lipinski definition) is 2. The molecule has 4 heterocycles. The topological polar surface area (TPSA) is 120 Å². The lowest BCUT2D eigenvalue weighted by atomic mass is 10.0. The second-order valence-corrected chi connectivity index (χ2v) is 13.3. The highest BCUT2D eigenvalue weighted by Gasteiger charge is 2.49. The second kappa shape index (κ2) is 13.8. The fraction of sp³-hybridized carbons (Fsp3) is 0.342. The molecule has 254 valence electrons. The first-order valence-corrected chi connectivity index (χ1v) is 16.5. The van der Waals surface area contributed by atoms with Crippen molar-refractivity contribution in [2.24, 2.45) is 0 Å². The Morgan fingerprint density at radius 3 is 2.18 bits per heavy atom. The van der Waals surface area contributed by atoms with E-state index >= 15 is 0 Å². The number of ether oxygens (including phenoxy) is 5. The van der Waals surface area contributed by atoms with Gasteiger partial charge in [-0.3, -0.25) is 9.69 Å². The summed E-state index contributed by atoms with van der Waals surface area (Å²) in [7, 11) is 0. The number of carbonyl (C=O) groups excluding carboxylic acids is 2. The summed E-state index contributed by atoms with van der Waals surface area (Å²) in [5, 5.41) is 6.47. The number of rotatable bonds is 10. The Bertz CT molecular complexity index is 1800. The van der Waals surface area contributed by atoms with Gasteiger partial charge in [0.1, 0.15) is 36.7 Å². The van der Waals surface area contributed by atoms with E-state index in [4.69, 9.17) is 28.7 Å². The van der Waals surface area contributed by atoms with Crippen LogP contribution in [-0.4, -0.2) is 60.1 Å². The summed E-state index contributed by atoms with van der Waals surface area (Å²) in [5.41, 5.74) is 4.20. The third-order valence-corrected chi connectivity index (χ3v) is 8.62. The van der Waals surface area contributed by atoms with Gasteiger partial charge in [-0.05, 0) is 50.1 Å². The van der Waals surface area contributed by atoms with Gasteiger partial charge < -0.3 is 34.3 Å². The number of nitrogens with zero attached hydrogens (tertiary/aromatic N) is 2. The Kier molecular flexibility index (Phi) is 9.11. The SMILES string of the molecule is CC(C)(C)OC(=O)N[C@H]1CO[C@H]2[C@@H]1OC[C@@H]2Nc1cccc2c1CN(c1ccc(OCc3ccccc3)nc1OCc1ccccc1)C2=O. The third-order valence-electron chi connectivity index (χ3n) is 8.62. The highest BCUT2D eigenvalue weighted by molar-refractivity contribution is 6.11. The number of amides is 2. The molecule has 2 saturated heterocycles. The molecule has 4 aromatic rings. The minimum absolute atomic E-state index is 0.151. The van der Waals surface area contributed by atoms with E-state index in [0.29, 0.717) is 49.4 Å². The lowest BCUT2D eigenvalue weighted by molar-refractivity contribution is 0.0406. The number of hydrogen-bond acceptors (Lipinski definition) is 9. The third kappa shape index (κ3) is 7.33. The Labute approximate surface area is 285 Å². The van der Waals surface area contributed by atoms with E-state index in [0.717, 1.165) is 22.4 Å². The van der Waals surface area contributed by atoms with Crippen molar-refractivity contribution in [3.8, 4) is 11.8 Å². The molecule has 0 bridgehead atoms. The number of carbonyl (C=O) groups is 2. The summed E-state index contributed by atoms with van der Waals surface area (Å²) in [5.74, 6) is 0.552. The maximum absolute atomic E-state index is 13.9. The standard InChI is InChI=1S/C38H40N4O7/c1-38(2,3)49-37(44)40-30-23-47-33-29(22-46-34(30)33)39-28-16-10-15-26-27(28)19-42(36(26)43)31-17-18-32(45-20-24-11-6-4-7-12-24)41-35(31)48-21-25-13-8-5-9-14-25/h4-18,29-30,33-34,39H,19-23H2,1-3H3,(H,40,44)/t29-,30-,33+,34+/m0/s1. The number of fused-ring (bicyclic) bond motifs is 2. The summed E-state index contributed by atoms with van der Waals surface area (Å²) in [6.45, 7) is 7.11. The van der Waals surface area contributed by atoms with Gasteiger partial charge in [0.15, 0.2) is 0 Å². The van der Waals surface area contributed by atoms with E-state index in [1.54, 1.807) is 11.0 Å². The van der Waals surface area contributed by atoms with Gasteiger partial charge in [0.2, 0.25) is 11.8 Å². The van der Waals surface area contributed by atoms with Crippen LogP contribution in [0.5, 0.6) is 11.8 Å². The summed E-state index contributed by atoms with van der Waals surface area (Å²) in [4.78, 5) is 32.7. The maximum Gasteiger partial charge on any atom is 0.408 e. The molecule has 7 rings (SSSR count). The molecule has 1 aromatic heterocycles. The monoisotopic (exact) mass is 664 g/mol. The van der Waals surface area contributed by atoms with Gasteiger partial charge in [-0.1, -0.05) is 66.7 Å². The lowest BCUT2D eigenvalue weighted by Crippen LogP contribution is -2.46. The van der Waals surface area contributed by atoms with Crippen molar-refractivity contribution in [1.29, 1.82) is 0 Å². The van der Waals surface area contributed by atoms with Crippen molar-refractivity contribution in [2.75, 3.05) is 23.4 Å². The molecule has 3 aliphatic rings. The Morgan fingerprint density at radius 2 is 1.49 bits per heavy atom. The van der Waals surface area contributed by atoms with Crippen molar-refractivity contribution in [3.05, 3.63) is 113 Å². The highest BCUT2D eigenvalue weighted by Crippen LogP contribution is 2.39. The first-order chi connectivity index (χ1) is 23.7. The molecule has 0 radical (unpaired) electrons. The smallest absolute Gasteiger partial charge is 0.408 e. The van der Waals surface area contributed by atoms with E-state index in [1.807, 2.05) is 106 Å². The van der Waals surface area contributed by atoms with Crippen LogP contribution in [0.15, 0.2) is 91.0 Å². The molecule has 0 unspecified atom stereocenters. The van der Waals surface area contributed by atoms with Gasteiger partial charge in [-0.2, -0.15) is 4.98 Å². The predicted octanol–water partition coefficient (Wildman–Crippen LogP) is 5.87. The van der Waals surface area contributed by atoms with Crippen molar-refractivity contribution < 1.29 is 33.3 Å². The van der Waals surface area contributed by atoms with Crippen LogP contribution in [0.4, 0.5) is 16.2 Å². The van der Waals surface area contributed by atoms with Gasteiger partial charge in [0.25, 0.3) is 5.91 Å². The largest absolute Gasteiger partial charge is 0.473 e. The Hall–Kier alpha value is -5.13. The molecule has 11 nitrogen and oxygen atoms in total. The summed E-state index contributed by atoms with van der Waals surface area (Å²) in [6.07, 6.45) is -1.11. The number of benzene rings is 3. The van der Waals surface area contributed by atoms with E-state index in [9.17, 15) is 9.59 Å². The molecule has 3 aliphatic heterocycles. The fourth-order valence-corrected chi connectivity index (χ4v) is 6.33. The van der Waals surface area contributed by atoms with Gasteiger partial charge in [-0.25, -0.2) is 4.79 Å². The zero-order valence-electron chi connectivity index (χ0n) is 27.8. The van der Waals surface area contributed by atoms with Crippen LogP contribution in [-0.2, 0) is 34.0 Å². The van der Waals surface area contributed by atoms with Crippen LogP contribution in [0.2, 0.25) is 0 Å². The number of pyridine rings is 1. The molecule has 2 fully saturated rings. The van der Waals surface area contributed by atoms with E-state index in [1.165, 1.54) is 0 Å². The van der Waals surface area contributed by atoms with Crippen LogP contribution >= 0.6 is 0 Å². The number of nitrogens with one attached hydrogen (secondary N) is 2. The van der Waals surface area contributed by atoms with Crippen LogP contribution < -0.4 is 25.0 Å². The quantitative estimate of drug-likeness (QED) is 0.214. The summed E-state index contributed by atoms with van der Waals surface area (Å²) < 4.78 is 29.9. The van der Waals surface area contributed by atoms with E-state index in [-0.39, 0.29) is 36.8 Å². The normalized spacial score (nSPS) is 21.2. The molecule has 0 saturated carbocycles. The molecule has 2 N–H and O–H groups in total. The highest BCUT2D eigenvalue weighted by atomic mass is 16.6. The molecule has 0 aliphatic carbocycles. The van der Waals surface area contributed by atoms with Crippen LogP contribution in [0.1, 0.15) is 47.8 Å². The van der Waals surface area contributed by atoms with Gasteiger partial charge in [0.05, 0.1) is 31.8 Å². The van der Waals surface area contributed by atoms with E-state index in [2.05, 4.69) is 10.6 Å². The Balaban J connectivity index is 1.07. The molecular weight excluding hydrogens is 624 g/mol. The number of anilines is 2. The van der Waals surface area contributed by atoms with Crippen molar-refractivity contribution >= 4 is 23.4 Å². The van der Waals surface area contributed by atoms with Crippen LogP contribution in [0, 0.1) is 0 Å². The lowest BCUT2D eigenvalue weighted by Gasteiger charge is -2.23. The average Bonchev–Trinajstić information content (AvgIpc) is 3.78. The predicted molar refractivity (Wildman–Crippen MR) is 183 cm³/mol. The first-order valence-electron chi connectivity index (χ1n) is 16.5. The molecule has 3 aromatic carbocycles. The Morgan fingerprint density at radius 1 is 0.837 bits per heavy atom. The van der Waals surface area contributed by atoms with Gasteiger partial charge in [0, 0.05) is 22.9 Å². The van der Waals surface area contributed by atoms with Crippen molar-refractivity contribution in [1.82, 2.24) is 10.3 Å². The first kappa shape index (κ1) is 32.4. The van der Waals surface area contributed by atoms with Crippen LogP contribution in [0.25, 0.3) is 0 Å². The zero-order valence-corrected chi connectivity index (χ0v) is 27.8. The molecule has 0 spiro atoms. The van der Waals surface area contributed by atoms with Gasteiger partial charge >= 0.3 is 6.09 Å². The fourth-order valence-electron chi connectivity index (χ4n) is 6.33.